The van der Waals surface area contributed by atoms with Gasteiger partial charge in [0.2, 0.25) is 0 Å². The largest absolute Gasteiger partial charge is 0.507 e. The normalized spacial score (nSPS) is 12.0. The minimum Gasteiger partial charge on any atom is -0.507 e. The van der Waals surface area contributed by atoms with Gasteiger partial charge in [0.25, 0.3) is 5.91 Å². The van der Waals surface area contributed by atoms with Gasteiger partial charge in [0.1, 0.15) is 5.75 Å². The standard InChI is InChI=1S/C15H12BrCl2NO2/c1-8(11-4-3-10(17)7-13(11)18)19-15(21)12-6-9(16)2-5-14(12)20/h2-8,20H,1H3,(H,19,21). The molecule has 1 unspecified atom stereocenters. The zero-order valence-electron chi connectivity index (χ0n) is 11.0. The monoisotopic (exact) mass is 387 g/mol. The molecule has 2 rings (SSSR count). The fraction of sp³-hybridized carbons (Fsp3) is 0.133. The van der Waals surface area contributed by atoms with Gasteiger partial charge in [-0.05, 0) is 42.8 Å². The molecule has 0 bridgehead atoms. The van der Waals surface area contributed by atoms with Gasteiger partial charge >= 0.3 is 0 Å². The Kier molecular flexibility index (Phi) is 5.14. The van der Waals surface area contributed by atoms with Crippen molar-refractivity contribution in [2.75, 3.05) is 0 Å². The summed E-state index contributed by atoms with van der Waals surface area (Å²) in [5.41, 5.74) is 0.949. The lowest BCUT2D eigenvalue weighted by Crippen LogP contribution is -2.26. The van der Waals surface area contributed by atoms with Crippen LogP contribution < -0.4 is 5.32 Å². The third-order valence-electron chi connectivity index (χ3n) is 2.98. The van der Waals surface area contributed by atoms with Crippen molar-refractivity contribution >= 4 is 45.0 Å². The SMILES string of the molecule is CC(NC(=O)c1cc(Br)ccc1O)c1ccc(Cl)cc1Cl. The van der Waals surface area contributed by atoms with Gasteiger partial charge in [-0.3, -0.25) is 4.79 Å². The van der Waals surface area contributed by atoms with Crippen LogP contribution in [0, 0.1) is 0 Å². The van der Waals surface area contributed by atoms with Gasteiger partial charge in [-0.25, -0.2) is 0 Å². The summed E-state index contributed by atoms with van der Waals surface area (Å²) in [6, 6.07) is 9.45. The van der Waals surface area contributed by atoms with Crippen molar-refractivity contribution in [1.82, 2.24) is 5.32 Å². The zero-order chi connectivity index (χ0) is 15.6. The molecular formula is C15H12BrCl2NO2. The minimum absolute atomic E-state index is 0.0786. The molecular weight excluding hydrogens is 377 g/mol. The van der Waals surface area contributed by atoms with Crippen molar-refractivity contribution in [1.29, 1.82) is 0 Å². The average Bonchev–Trinajstić information content (AvgIpc) is 2.41. The highest BCUT2D eigenvalue weighted by Gasteiger charge is 2.17. The predicted molar refractivity (Wildman–Crippen MR) is 88.2 cm³/mol. The van der Waals surface area contributed by atoms with E-state index in [1.165, 1.54) is 6.07 Å². The number of amides is 1. The Bertz CT molecular complexity index is 691. The lowest BCUT2D eigenvalue weighted by atomic mass is 10.1. The second kappa shape index (κ2) is 6.69. The average molecular weight is 389 g/mol. The predicted octanol–water partition coefficient (Wildman–Crippen LogP) is 4.95. The van der Waals surface area contributed by atoms with Gasteiger partial charge in [0.15, 0.2) is 0 Å². The van der Waals surface area contributed by atoms with Crippen molar-refractivity contribution in [3.05, 3.63) is 62.0 Å². The molecule has 110 valence electrons. The van der Waals surface area contributed by atoms with Crippen molar-refractivity contribution in [2.24, 2.45) is 0 Å². The number of halogens is 3. The first-order valence-electron chi connectivity index (χ1n) is 6.13. The van der Waals surface area contributed by atoms with Crippen molar-refractivity contribution in [2.45, 2.75) is 13.0 Å². The van der Waals surface area contributed by atoms with Crippen LogP contribution in [0.5, 0.6) is 5.75 Å². The topological polar surface area (TPSA) is 49.3 Å². The maximum absolute atomic E-state index is 12.2. The van der Waals surface area contributed by atoms with Crippen LogP contribution in [0.1, 0.15) is 28.9 Å². The third kappa shape index (κ3) is 3.90. The smallest absolute Gasteiger partial charge is 0.255 e. The van der Waals surface area contributed by atoms with Crippen molar-refractivity contribution in [3.8, 4) is 5.75 Å². The molecule has 2 N–H and O–H groups in total. The number of carbonyl (C=O) groups is 1. The molecule has 0 saturated carbocycles. The quantitative estimate of drug-likeness (QED) is 0.781. The van der Waals surface area contributed by atoms with Crippen LogP contribution in [0.3, 0.4) is 0 Å². The molecule has 0 fully saturated rings. The first-order chi connectivity index (χ1) is 9.88. The highest BCUT2D eigenvalue weighted by molar-refractivity contribution is 9.10. The van der Waals surface area contributed by atoms with Crippen LogP contribution >= 0.6 is 39.1 Å². The van der Waals surface area contributed by atoms with E-state index in [0.717, 1.165) is 5.56 Å². The van der Waals surface area contributed by atoms with E-state index >= 15 is 0 Å². The lowest BCUT2D eigenvalue weighted by Gasteiger charge is -2.16. The number of benzene rings is 2. The van der Waals surface area contributed by atoms with Gasteiger partial charge in [0.05, 0.1) is 11.6 Å². The summed E-state index contributed by atoms with van der Waals surface area (Å²) in [6.07, 6.45) is 0. The Hall–Kier alpha value is -1.23. The van der Waals surface area contributed by atoms with E-state index in [4.69, 9.17) is 23.2 Å². The molecule has 0 aliphatic rings. The number of aromatic hydroxyl groups is 1. The van der Waals surface area contributed by atoms with E-state index in [2.05, 4.69) is 21.2 Å². The number of carbonyl (C=O) groups excluding carboxylic acids is 1. The Balaban J connectivity index is 2.20. The van der Waals surface area contributed by atoms with Crippen LogP contribution in [-0.4, -0.2) is 11.0 Å². The molecule has 0 heterocycles. The first kappa shape index (κ1) is 16.1. The summed E-state index contributed by atoms with van der Waals surface area (Å²) in [6.45, 7) is 1.81. The number of hydrogen-bond donors (Lipinski definition) is 2. The summed E-state index contributed by atoms with van der Waals surface area (Å²) < 4.78 is 0.711. The van der Waals surface area contributed by atoms with Crippen LogP contribution in [0.15, 0.2) is 40.9 Å². The minimum atomic E-state index is -0.382. The Morgan fingerprint density at radius 3 is 2.62 bits per heavy atom. The fourth-order valence-corrected chi connectivity index (χ4v) is 2.83. The first-order valence-corrected chi connectivity index (χ1v) is 7.67. The van der Waals surface area contributed by atoms with E-state index < -0.39 is 0 Å². The molecule has 6 heteroatoms. The van der Waals surface area contributed by atoms with Gasteiger partial charge < -0.3 is 10.4 Å². The van der Waals surface area contributed by atoms with Crippen LogP contribution in [0.2, 0.25) is 10.0 Å². The Morgan fingerprint density at radius 1 is 1.24 bits per heavy atom. The molecule has 21 heavy (non-hydrogen) atoms. The number of rotatable bonds is 3. The van der Waals surface area contributed by atoms with Crippen LogP contribution in [0.25, 0.3) is 0 Å². The summed E-state index contributed by atoms with van der Waals surface area (Å²) in [4.78, 5) is 12.2. The number of hydrogen-bond acceptors (Lipinski definition) is 2. The zero-order valence-corrected chi connectivity index (χ0v) is 14.1. The van der Waals surface area contributed by atoms with Gasteiger partial charge in [-0.2, -0.15) is 0 Å². The maximum Gasteiger partial charge on any atom is 0.255 e. The molecule has 1 atom stereocenters. The molecule has 0 saturated heterocycles. The Morgan fingerprint density at radius 2 is 1.95 bits per heavy atom. The highest BCUT2D eigenvalue weighted by Crippen LogP contribution is 2.27. The van der Waals surface area contributed by atoms with Gasteiger partial charge in [-0.15, -0.1) is 0 Å². The molecule has 3 nitrogen and oxygen atoms in total. The molecule has 0 radical (unpaired) electrons. The Labute approximate surface area is 141 Å². The molecule has 2 aromatic rings. The van der Waals surface area contributed by atoms with E-state index in [1.807, 2.05) is 6.92 Å². The highest BCUT2D eigenvalue weighted by atomic mass is 79.9. The number of phenolic OH excluding ortho intramolecular Hbond substituents is 1. The number of nitrogens with one attached hydrogen (secondary N) is 1. The van der Waals surface area contributed by atoms with Gasteiger partial charge in [-0.1, -0.05) is 45.2 Å². The second-order valence-electron chi connectivity index (χ2n) is 4.52. The van der Waals surface area contributed by atoms with E-state index in [1.54, 1.807) is 30.3 Å². The van der Waals surface area contributed by atoms with Crippen LogP contribution in [-0.2, 0) is 0 Å². The molecule has 0 spiro atoms. The van der Waals surface area contributed by atoms with E-state index in [0.29, 0.717) is 14.5 Å². The summed E-state index contributed by atoms with van der Waals surface area (Å²) in [5, 5.41) is 13.6. The van der Waals surface area contributed by atoms with Crippen molar-refractivity contribution < 1.29 is 9.90 Å². The fourth-order valence-electron chi connectivity index (χ4n) is 1.89. The number of phenols is 1. The molecule has 2 aromatic carbocycles. The van der Waals surface area contributed by atoms with E-state index in [9.17, 15) is 9.90 Å². The second-order valence-corrected chi connectivity index (χ2v) is 6.28. The maximum atomic E-state index is 12.2. The third-order valence-corrected chi connectivity index (χ3v) is 4.04. The lowest BCUT2D eigenvalue weighted by molar-refractivity contribution is 0.0937. The van der Waals surface area contributed by atoms with Crippen molar-refractivity contribution in [3.63, 3.8) is 0 Å². The molecule has 0 aliphatic heterocycles. The summed E-state index contributed by atoms with van der Waals surface area (Å²) >= 11 is 15.2. The summed E-state index contributed by atoms with van der Waals surface area (Å²) in [7, 11) is 0. The summed E-state index contributed by atoms with van der Waals surface area (Å²) in [5.74, 6) is -0.461. The van der Waals surface area contributed by atoms with E-state index in [-0.39, 0.29) is 23.3 Å². The molecule has 1 amide bonds. The van der Waals surface area contributed by atoms with Gasteiger partial charge in [0, 0.05) is 14.5 Å². The molecule has 0 aromatic heterocycles. The molecule has 0 aliphatic carbocycles. The van der Waals surface area contributed by atoms with Crippen LogP contribution in [0.4, 0.5) is 0 Å².